The summed E-state index contributed by atoms with van der Waals surface area (Å²) in [6, 6.07) is 8.18. The molecule has 0 radical (unpaired) electrons. The lowest BCUT2D eigenvalue weighted by Gasteiger charge is -1.99. The van der Waals surface area contributed by atoms with E-state index in [0.717, 1.165) is 11.3 Å². The third kappa shape index (κ3) is 2.01. The van der Waals surface area contributed by atoms with Crippen LogP contribution in [0.15, 0.2) is 34.3 Å². The van der Waals surface area contributed by atoms with Crippen molar-refractivity contribution in [2.45, 2.75) is 11.8 Å². The maximum Gasteiger partial charge on any atom is 0.0641 e. The third-order valence-corrected chi connectivity index (χ3v) is 2.45. The minimum absolute atomic E-state index is 0.864. The number of hydrazone groups is 1. The second-order valence-corrected chi connectivity index (χ2v) is 3.32. The van der Waals surface area contributed by atoms with Crippen LogP contribution in [0.2, 0.25) is 0 Å². The second-order valence-electron chi connectivity index (χ2n) is 2.44. The first-order valence-corrected chi connectivity index (χ1v) is 4.89. The quantitative estimate of drug-likeness (QED) is 0.327. The van der Waals surface area contributed by atoms with Gasteiger partial charge in [-0.3, -0.25) is 0 Å². The van der Waals surface area contributed by atoms with E-state index in [1.54, 1.807) is 11.8 Å². The normalized spacial score (nSPS) is 11.7. The Morgan fingerprint density at radius 3 is 2.33 bits per heavy atom. The molecule has 0 saturated carbocycles. The molecular formula is C9H12N2S. The van der Waals surface area contributed by atoms with E-state index in [1.807, 2.05) is 19.1 Å². The molecular weight excluding hydrogens is 168 g/mol. The number of nitrogens with zero attached hydrogens (tertiary/aromatic N) is 1. The van der Waals surface area contributed by atoms with Crippen molar-refractivity contribution in [1.82, 2.24) is 0 Å². The van der Waals surface area contributed by atoms with Gasteiger partial charge in [0.1, 0.15) is 0 Å². The summed E-state index contributed by atoms with van der Waals surface area (Å²) in [7, 11) is 0. The van der Waals surface area contributed by atoms with Crippen molar-refractivity contribution < 1.29 is 0 Å². The number of nitrogens with two attached hydrogens (primary N) is 1. The lowest BCUT2D eigenvalue weighted by molar-refractivity contribution is 1.23. The fourth-order valence-corrected chi connectivity index (χ4v) is 1.32. The molecule has 1 aromatic rings. The number of thioether (sulfide) groups is 1. The van der Waals surface area contributed by atoms with Gasteiger partial charge in [0.25, 0.3) is 0 Å². The van der Waals surface area contributed by atoms with Gasteiger partial charge in [-0.25, -0.2) is 0 Å². The van der Waals surface area contributed by atoms with Crippen LogP contribution in [-0.2, 0) is 0 Å². The van der Waals surface area contributed by atoms with Gasteiger partial charge in [-0.2, -0.15) is 5.10 Å². The van der Waals surface area contributed by atoms with Gasteiger partial charge in [0.2, 0.25) is 0 Å². The Hall–Kier alpha value is -0.960. The molecule has 12 heavy (non-hydrogen) atoms. The van der Waals surface area contributed by atoms with Gasteiger partial charge in [-0.05, 0) is 30.9 Å². The predicted molar refractivity (Wildman–Crippen MR) is 54.6 cm³/mol. The van der Waals surface area contributed by atoms with Crippen LogP contribution in [0.3, 0.4) is 0 Å². The highest BCUT2D eigenvalue weighted by Gasteiger charge is 1.95. The highest BCUT2D eigenvalue weighted by molar-refractivity contribution is 7.98. The van der Waals surface area contributed by atoms with E-state index in [0.29, 0.717) is 0 Å². The summed E-state index contributed by atoms with van der Waals surface area (Å²) < 4.78 is 0. The number of hydrogen-bond donors (Lipinski definition) is 1. The summed E-state index contributed by atoms with van der Waals surface area (Å²) in [6.45, 7) is 1.90. The monoisotopic (exact) mass is 180 g/mol. The smallest absolute Gasteiger partial charge is 0.0641 e. The topological polar surface area (TPSA) is 38.4 Å². The Bertz CT molecular complexity index is 277. The van der Waals surface area contributed by atoms with E-state index in [1.165, 1.54) is 4.90 Å². The van der Waals surface area contributed by atoms with E-state index in [9.17, 15) is 0 Å². The molecule has 0 aliphatic rings. The molecule has 0 bridgehead atoms. The number of hydrogen-bond acceptors (Lipinski definition) is 3. The summed E-state index contributed by atoms with van der Waals surface area (Å²) >= 11 is 1.73. The molecule has 1 aromatic carbocycles. The molecule has 3 heteroatoms. The number of rotatable bonds is 2. The van der Waals surface area contributed by atoms with Crippen molar-refractivity contribution >= 4 is 17.5 Å². The molecule has 2 nitrogen and oxygen atoms in total. The zero-order valence-electron chi connectivity index (χ0n) is 7.24. The largest absolute Gasteiger partial charge is 0.323 e. The molecule has 0 fully saturated rings. The number of benzene rings is 1. The molecule has 64 valence electrons. The first-order chi connectivity index (χ1) is 5.77. The Labute approximate surface area is 76.9 Å². The van der Waals surface area contributed by atoms with Crippen molar-refractivity contribution in [3.05, 3.63) is 29.8 Å². The molecule has 0 unspecified atom stereocenters. The van der Waals surface area contributed by atoms with Crippen molar-refractivity contribution in [2.24, 2.45) is 10.9 Å². The van der Waals surface area contributed by atoms with Gasteiger partial charge in [-0.1, -0.05) is 12.1 Å². The van der Waals surface area contributed by atoms with Crippen LogP contribution in [0.25, 0.3) is 0 Å². The minimum Gasteiger partial charge on any atom is -0.323 e. The minimum atomic E-state index is 0.864. The zero-order chi connectivity index (χ0) is 8.97. The fourth-order valence-electron chi connectivity index (χ4n) is 0.907. The second kappa shape index (κ2) is 4.16. The molecule has 0 spiro atoms. The van der Waals surface area contributed by atoms with Crippen molar-refractivity contribution in [2.75, 3.05) is 6.26 Å². The van der Waals surface area contributed by atoms with E-state index in [-0.39, 0.29) is 0 Å². The Kier molecular flexibility index (Phi) is 3.17. The molecule has 2 N–H and O–H groups in total. The van der Waals surface area contributed by atoms with Crippen molar-refractivity contribution in [3.8, 4) is 0 Å². The molecule has 0 aliphatic carbocycles. The van der Waals surface area contributed by atoms with Crippen LogP contribution >= 0.6 is 11.8 Å². The van der Waals surface area contributed by atoms with Gasteiger partial charge < -0.3 is 5.84 Å². The average molecular weight is 180 g/mol. The molecule has 0 aromatic heterocycles. The lowest BCUT2D eigenvalue weighted by Crippen LogP contribution is -1.97. The molecule has 0 atom stereocenters. The van der Waals surface area contributed by atoms with Gasteiger partial charge in [0.15, 0.2) is 0 Å². The Morgan fingerprint density at radius 1 is 1.33 bits per heavy atom. The zero-order valence-corrected chi connectivity index (χ0v) is 8.06. The highest BCUT2D eigenvalue weighted by atomic mass is 32.2. The van der Waals surface area contributed by atoms with E-state index in [4.69, 9.17) is 5.84 Å². The standard InChI is InChI=1S/C9H12N2S/c1-7(11-10)8-3-5-9(12-2)6-4-8/h3-6H,10H2,1-2H3/b11-7+. The maximum absolute atomic E-state index is 5.16. The summed E-state index contributed by atoms with van der Waals surface area (Å²) in [6.07, 6.45) is 2.05. The first-order valence-electron chi connectivity index (χ1n) is 3.67. The summed E-state index contributed by atoms with van der Waals surface area (Å²) in [5.41, 5.74) is 1.94. The molecule has 1 rings (SSSR count). The molecule has 0 amide bonds. The van der Waals surface area contributed by atoms with Gasteiger partial charge in [-0.15, -0.1) is 11.8 Å². The first kappa shape index (κ1) is 9.13. The van der Waals surface area contributed by atoms with Crippen LogP contribution in [0, 0.1) is 0 Å². The third-order valence-electron chi connectivity index (χ3n) is 1.70. The highest BCUT2D eigenvalue weighted by Crippen LogP contribution is 2.14. The van der Waals surface area contributed by atoms with E-state index < -0.39 is 0 Å². The van der Waals surface area contributed by atoms with Crippen LogP contribution in [0.5, 0.6) is 0 Å². The average Bonchev–Trinajstić information content (AvgIpc) is 2.17. The molecule has 0 heterocycles. The van der Waals surface area contributed by atoms with E-state index >= 15 is 0 Å². The van der Waals surface area contributed by atoms with Crippen LogP contribution in [-0.4, -0.2) is 12.0 Å². The Balaban J connectivity index is 2.92. The maximum atomic E-state index is 5.16. The molecule has 0 aliphatic heterocycles. The Morgan fingerprint density at radius 2 is 1.92 bits per heavy atom. The predicted octanol–water partition coefficient (Wildman–Crippen LogP) is 2.09. The van der Waals surface area contributed by atoms with Crippen molar-refractivity contribution in [3.63, 3.8) is 0 Å². The summed E-state index contributed by atoms with van der Waals surface area (Å²) in [5, 5.41) is 3.62. The fraction of sp³-hybridized carbons (Fsp3) is 0.222. The SMILES string of the molecule is CSc1ccc(/C(C)=N/N)cc1. The van der Waals surface area contributed by atoms with Crippen LogP contribution in [0.1, 0.15) is 12.5 Å². The van der Waals surface area contributed by atoms with E-state index in [2.05, 4.69) is 23.5 Å². The van der Waals surface area contributed by atoms with Crippen molar-refractivity contribution in [1.29, 1.82) is 0 Å². The molecule has 0 saturated heterocycles. The van der Waals surface area contributed by atoms with Gasteiger partial charge in [0.05, 0.1) is 5.71 Å². The van der Waals surface area contributed by atoms with Gasteiger partial charge in [0, 0.05) is 4.90 Å². The van der Waals surface area contributed by atoms with Crippen LogP contribution in [0.4, 0.5) is 0 Å². The van der Waals surface area contributed by atoms with Gasteiger partial charge >= 0.3 is 0 Å². The van der Waals surface area contributed by atoms with Crippen LogP contribution < -0.4 is 5.84 Å². The summed E-state index contributed by atoms with van der Waals surface area (Å²) in [5.74, 6) is 5.16. The summed E-state index contributed by atoms with van der Waals surface area (Å²) in [4.78, 5) is 1.25. The lowest BCUT2D eigenvalue weighted by atomic mass is 10.1.